The molecule has 1 aromatic heterocycles. The molecule has 29 heavy (non-hydrogen) atoms. The van der Waals surface area contributed by atoms with Crippen LogP contribution in [0.5, 0.6) is 0 Å². The van der Waals surface area contributed by atoms with Crippen molar-refractivity contribution >= 4 is 29.7 Å². The standard InChI is InChI=1S/C21H22ClFN4OS/c1-13-4-6-14(7-5-13)19-25-26-20(29)27(19)11-10-18(28)24-21(2,3)16-9-8-15(23)12-17(16)22/h4-9,12H,10-11H2,1-3H3,(H,24,28)(H,26,29). The summed E-state index contributed by atoms with van der Waals surface area (Å²) in [6.45, 7) is 6.04. The third-order valence-electron chi connectivity index (χ3n) is 4.69. The fourth-order valence-corrected chi connectivity index (χ4v) is 3.76. The summed E-state index contributed by atoms with van der Waals surface area (Å²) in [6.07, 6.45) is 0.203. The average Bonchev–Trinajstić information content (AvgIpc) is 3.00. The second-order valence-corrected chi connectivity index (χ2v) is 8.21. The fourth-order valence-electron chi connectivity index (χ4n) is 3.14. The molecule has 3 rings (SSSR count). The number of amides is 1. The van der Waals surface area contributed by atoms with Gasteiger partial charge in [-0.1, -0.05) is 47.5 Å². The first-order valence-electron chi connectivity index (χ1n) is 9.16. The Balaban J connectivity index is 1.72. The van der Waals surface area contributed by atoms with E-state index in [1.807, 2.05) is 45.0 Å². The van der Waals surface area contributed by atoms with E-state index in [2.05, 4.69) is 15.5 Å². The van der Waals surface area contributed by atoms with Gasteiger partial charge in [0.1, 0.15) is 5.82 Å². The Bertz CT molecular complexity index is 1090. The van der Waals surface area contributed by atoms with Crippen LogP contribution in [0.4, 0.5) is 4.39 Å². The quantitative estimate of drug-likeness (QED) is 0.529. The summed E-state index contributed by atoms with van der Waals surface area (Å²) in [5.41, 5.74) is 1.96. The molecule has 2 aromatic carbocycles. The minimum Gasteiger partial charge on any atom is -0.347 e. The van der Waals surface area contributed by atoms with Gasteiger partial charge in [-0.2, -0.15) is 5.10 Å². The fraction of sp³-hybridized carbons (Fsp3) is 0.286. The molecule has 0 aliphatic heterocycles. The van der Waals surface area contributed by atoms with Gasteiger partial charge in [0.2, 0.25) is 5.91 Å². The van der Waals surface area contributed by atoms with Crippen molar-refractivity contribution in [2.75, 3.05) is 0 Å². The predicted octanol–water partition coefficient (Wildman–Crippen LogP) is 5.15. The normalized spacial score (nSPS) is 11.5. The van der Waals surface area contributed by atoms with E-state index in [-0.39, 0.29) is 17.4 Å². The molecule has 0 bridgehead atoms. The lowest BCUT2D eigenvalue weighted by atomic mass is 9.94. The molecule has 3 aromatic rings. The smallest absolute Gasteiger partial charge is 0.222 e. The Hall–Kier alpha value is -2.51. The number of hydrogen-bond donors (Lipinski definition) is 2. The molecular formula is C21H22ClFN4OS. The Labute approximate surface area is 178 Å². The minimum atomic E-state index is -0.750. The largest absolute Gasteiger partial charge is 0.347 e. The van der Waals surface area contributed by atoms with E-state index in [0.717, 1.165) is 11.1 Å². The van der Waals surface area contributed by atoms with E-state index >= 15 is 0 Å². The monoisotopic (exact) mass is 432 g/mol. The van der Waals surface area contributed by atoms with E-state index in [1.54, 1.807) is 10.6 Å². The average molecular weight is 433 g/mol. The molecule has 1 heterocycles. The highest BCUT2D eigenvalue weighted by atomic mass is 35.5. The van der Waals surface area contributed by atoms with Crippen LogP contribution in [0.25, 0.3) is 11.4 Å². The van der Waals surface area contributed by atoms with Crippen molar-refractivity contribution < 1.29 is 9.18 Å². The summed E-state index contributed by atoms with van der Waals surface area (Å²) < 4.78 is 15.6. The number of nitrogens with zero attached hydrogens (tertiary/aromatic N) is 2. The number of rotatable bonds is 6. The summed E-state index contributed by atoms with van der Waals surface area (Å²) >= 11 is 11.5. The number of carbonyl (C=O) groups excluding carboxylic acids is 1. The van der Waals surface area contributed by atoms with E-state index in [1.165, 1.54) is 12.1 Å². The third kappa shape index (κ3) is 4.92. The van der Waals surface area contributed by atoms with Crippen LogP contribution in [-0.4, -0.2) is 20.7 Å². The number of benzene rings is 2. The van der Waals surface area contributed by atoms with Crippen molar-refractivity contribution in [3.63, 3.8) is 0 Å². The van der Waals surface area contributed by atoms with Crippen LogP contribution in [0.2, 0.25) is 5.02 Å². The molecule has 0 aliphatic carbocycles. The SMILES string of the molecule is Cc1ccc(-c2n[nH]c(=S)n2CCC(=O)NC(C)(C)c2ccc(F)cc2Cl)cc1. The molecule has 0 saturated heterocycles. The molecule has 152 valence electrons. The first-order valence-corrected chi connectivity index (χ1v) is 9.95. The first-order chi connectivity index (χ1) is 13.7. The summed E-state index contributed by atoms with van der Waals surface area (Å²) in [4.78, 5) is 12.6. The lowest BCUT2D eigenvalue weighted by Gasteiger charge is -2.28. The zero-order valence-corrected chi connectivity index (χ0v) is 18.0. The second-order valence-electron chi connectivity index (χ2n) is 7.42. The zero-order chi connectivity index (χ0) is 21.2. The van der Waals surface area contributed by atoms with Gasteiger partial charge in [0.15, 0.2) is 10.6 Å². The number of aromatic amines is 1. The van der Waals surface area contributed by atoms with Crippen molar-refractivity contribution in [2.45, 2.75) is 39.3 Å². The molecule has 0 unspecified atom stereocenters. The van der Waals surface area contributed by atoms with E-state index in [9.17, 15) is 9.18 Å². The highest BCUT2D eigenvalue weighted by Crippen LogP contribution is 2.28. The Morgan fingerprint density at radius 3 is 2.62 bits per heavy atom. The van der Waals surface area contributed by atoms with Gasteiger partial charge >= 0.3 is 0 Å². The van der Waals surface area contributed by atoms with Crippen molar-refractivity contribution in [3.05, 3.63) is 69.2 Å². The molecule has 0 aliphatic rings. The molecule has 0 saturated carbocycles. The molecule has 0 radical (unpaired) electrons. The maximum atomic E-state index is 13.3. The number of carbonyl (C=O) groups is 1. The Morgan fingerprint density at radius 2 is 1.97 bits per heavy atom. The van der Waals surface area contributed by atoms with Gasteiger partial charge in [-0.05, 0) is 50.7 Å². The molecule has 0 fully saturated rings. The number of aromatic nitrogens is 3. The summed E-state index contributed by atoms with van der Waals surface area (Å²) in [5.74, 6) is 0.0934. The van der Waals surface area contributed by atoms with Crippen LogP contribution >= 0.6 is 23.8 Å². The first kappa shape index (κ1) is 21.2. The maximum absolute atomic E-state index is 13.3. The number of H-pyrrole nitrogens is 1. The second kappa shape index (κ2) is 8.47. The Morgan fingerprint density at radius 1 is 1.28 bits per heavy atom. The van der Waals surface area contributed by atoms with Crippen molar-refractivity contribution in [1.82, 2.24) is 20.1 Å². The topological polar surface area (TPSA) is 62.7 Å². The van der Waals surface area contributed by atoms with Gasteiger partial charge in [0.05, 0.1) is 5.54 Å². The van der Waals surface area contributed by atoms with Gasteiger partial charge < -0.3 is 5.32 Å². The van der Waals surface area contributed by atoms with Crippen molar-refractivity contribution in [1.29, 1.82) is 0 Å². The van der Waals surface area contributed by atoms with E-state index in [0.29, 0.717) is 22.7 Å². The highest BCUT2D eigenvalue weighted by molar-refractivity contribution is 7.71. The van der Waals surface area contributed by atoms with Gasteiger partial charge in [-0.3, -0.25) is 14.5 Å². The number of hydrogen-bond acceptors (Lipinski definition) is 3. The van der Waals surface area contributed by atoms with Crippen molar-refractivity contribution in [3.8, 4) is 11.4 Å². The van der Waals surface area contributed by atoms with Crippen molar-refractivity contribution in [2.24, 2.45) is 0 Å². The summed E-state index contributed by atoms with van der Waals surface area (Å²) in [7, 11) is 0. The Kier molecular flexibility index (Phi) is 6.19. The lowest BCUT2D eigenvalue weighted by Crippen LogP contribution is -2.41. The number of nitrogens with one attached hydrogen (secondary N) is 2. The van der Waals surface area contributed by atoms with Crippen LogP contribution < -0.4 is 5.32 Å². The van der Waals surface area contributed by atoms with Crippen LogP contribution in [-0.2, 0) is 16.9 Å². The van der Waals surface area contributed by atoms with Gasteiger partial charge in [0, 0.05) is 23.6 Å². The highest BCUT2D eigenvalue weighted by Gasteiger charge is 2.25. The van der Waals surface area contributed by atoms with Crippen LogP contribution in [0.15, 0.2) is 42.5 Å². The number of halogens is 2. The van der Waals surface area contributed by atoms with Gasteiger partial charge in [-0.25, -0.2) is 4.39 Å². The molecule has 1 amide bonds. The molecule has 2 N–H and O–H groups in total. The minimum absolute atomic E-state index is 0.173. The summed E-state index contributed by atoms with van der Waals surface area (Å²) in [5, 5.41) is 10.3. The lowest BCUT2D eigenvalue weighted by molar-refractivity contribution is -0.123. The van der Waals surface area contributed by atoms with Gasteiger partial charge in [-0.15, -0.1) is 0 Å². The maximum Gasteiger partial charge on any atom is 0.222 e. The third-order valence-corrected chi connectivity index (χ3v) is 5.31. The van der Waals surface area contributed by atoms with Crippen LogP contribution in [0, 0.1) is 17.5 Å². The number of aryl methyl sites for hydroxylation is 1. The molecule has 0 spiro atoms. The van der Waals surface area contributed by atoms with E-state index in [4.69, 9.17) is 23.8 Å². The van der Waals surface area contributed by atoms with Crippen LogP contribution in [0.3, 0.4) is 0 Å². The molecule has 5 nitrogen and oxygen atoms in total. The summed E-state index contributed by atoms with van der Waals surface area (Å²) in [6, 6.07) is 12.1. The molecule has 0 atom stereocenters. The molecule has 8 heteroatoms. The predicted molar refractivity (Wildman–Crippen MR) is 115 cm³/mol. The van der Waals surface area contributed by atoms with Crippen LogP contribution in [0.1, 0.15) is 31.4 Å². The van der Waals surface area contributed by atoms with E-state index < -0.39 is 11.4 Å². The van der Waals surface area contributed by atoms with Gasteiger partial charge in [0.25, 0.3) is 0 Å². The molecular weight excluding hydrogens is 411 g/mol. The zero-order valence-electron chi connectivity index (χ0n) is 16.4.